The fourth-order valence-corrected chi connectivity index (χ4v) is 10.7. The summed E-state index contributed by atoms with van der Waals surface area (Å²) in [7, 11) is 0. The van der Waals surface area contributed by atoms with Gasteiger partial charge in [0.15, 0.2) is 0 Å². The molecule has 1 saturated heterocycles. The lowest BCUT2D eigenvalue weighted by molar-refractivity contribution is 0.341. The molecule has 3 aliphatic rings. The zero-order valence-electron chi connectivity index (χ0n) is 31.5. The van der Waals surface area contributed by atoms with E-state index in [1.807, 2.05) is 11.3 Å². The van der Waals surface area contributed by atoms with E-state index in [2.05, 4.69) is 204 Å². The van der Waals surface area contributed by atoms with E-state index in [0.29, 0.717) is 5.92 Å². The predicted molar refractivity (Wildman–Crippen MR) is 238 cm³/mol. The molecule has 4 unspecified atom stereocenters. The molecular formula is C52H38N4S. The van der Waals surface area contributed by atoms with Crippen molar-refractivity contribution in [1.82, 2.24) is 14.6 Å². The number of rotatable bonds is 6. The summed E-state index contributed by atoms with van der Waals surface area (Å²) in [6, 6.07) is 62.1. The third-order valence-corrected chi connectivity index (χ3v) is 13.4. The lowest BCUT2D eigenvalue weighted by atomic mass is 9.92. The predicted octanol–water partition coefficient (Wildman–Crippen LogP) is 13.5. The highest BCUT2D eigenvalue weighted by atomic mass is 32.1. The molecule has 0 radical (unpaired) electrons. The van der Waals surface area contributed by atoms with Gasteiger partial charge in [-0.25, -0.2) is 4.99 Å². The number of aliphatic imine (C=N–C) groups is 1. The Labute approximate surface area is 335 Å². The van der Waals surface area contributed by atoms with Gasteiger partial charge in [-0.15, -0.1) is 11.3 Å². The smallest absolute Gasteiger partial charge is 0.150 e. The Morgan fingerprint density at radius 2 is 1.33 bits per heavy atom. The molecule has 1 fully saturated rings. The fourth-order valence-electron chi connectivity index (χ4n) is 9.46. The Hall–Kier alpha value is -6.53. The average Bonchev–Trinajstić information content (AvgIpc) is 3.51. The van der Waals surface area contributed by atoms with Crippen molar-refractivity contribution in [2.24, 2.45) is 4.99 Å². The van der Waals surface area contributed by atoms with Crippen molar-refractivity contribution in [3.05, 3.63) is 204 Å². The lowest BCUT2D eigenvalue weighted by Crippen LogP contribution is -2.13. The van der Waals surface area contributed by atoms with Crippen LogP contribution in [-0.2, 0) is 0 Å². The SMILES string of the molecule is CC1CC=Cc2c1n(-c1cccc(C3=NC(c4cccc(-c5ccccc5)c4)N4C(c5ccccc5)N34)c1)c1ccc(-c3cccc4c3sc3ccccc34)cc21. The van der Waals surface area contributed by atoms with E-state index < -0.39 is 0 Å². The molecular weight excluding hydrogens is 713 g/mol. The minimum atomic E-state index is -0.119. The van der Waals surface area contributed by atoms with Crippen LogP contribution in [0.5, 0.6) is 0 Å². The Morgan fingerprint density at radius 3 is 2.23 bits per heavy atom. The van der Waals surface area contributed by atoms with Crippen molar-refractivity contribution < 1.29 is 0 Å². The van der Waals surface area contributed by atoms with Gasteiger partial charge < -0.3 is 4.57 Å². The number of aromatic nitrogens is 1. The Balaban J connectivity index is 0.981. The van der Waals surface area contributed by atoms with Crippen LogP contribution in [0, 0.1) is 0 Å². The molecule has 0 spiro atoms. The van der Waals surface area contributed by atoms with E-state index in [-0.39, 0.29) is 12.3 Å². The van der Waals surface area contributed by atoms with Gasteiger partial charge in [0.1, 0.15) is 18.2 Å². The first-order valence-electron chi connectivity index (χ1n) is 19.9. The number of nitrogens with zero attached hydrogens (tertiary/aromatic N) is 4. The van der Waals surface area contributed by atoms with Crippen LogP contribution in [0.2, 0.25) is 0 Å². The lowest BCUT2D eigenvalue weighted by Gasteiger charge is -2.20. The molecule has 4 atom stereocenters. The summed E-state index contributed by atoms with van der Waals surface area (Å²) in [6.07, 6.45) is 5.74. The summed E-state index contributed by atoms with van der Waals surface area (Å²) in [6.45, 7) is 2.37. The van der Waals surface area contributed by atoms with E-state index in [1.54, 1.807) is 0 Å². The number of benzene rings is 7. The van der Waals surface area contributed by atoms with Gasteiger partial charge in [0.05, 0.1) is 5.52 Å². The van der Waals surface area contributed by atoms with E-state index in [1.165, 1.54) is 81.4 Å². The molecule has 2 aromatic heterocycles. The van der Waals surface area contributed by atoms with Gasteiger partial charge in [-0.1, -0.05) is 153 Å². The largest absolute Gasteiger partial charge is 0.313 e. The van der Waals surface area contributed by atoms with Crippen molar-refractivity contribution in [3.63, 3.8) is 0 Å². The van der Waals surface area contributed by atoms with Gasteiger partial charge in [0.25, 0.3) is 0 Å². The number of amidine groups is 1. The number of hydrogen-bond donors (Lipinski definition) is 0. The molecule has 12 rings (SSSR count). The summed E-state index contributed by atoms with van der Waals surface area (Å²) in [5.74, 6) is 1.39. The van der Waals surface area contributed by atoms with Crippen LogP contribution in [0.4, 0.5) is 0 Å². The molecule has 0 N–H and O–H groups in total. The minimum Gasteiger partial charge on any atom is -0.313 e. The highest BCUT2D eigenvalue weighted by Gasteiger charge is 2.57. The van der Waals surface area contributed by atoms with Crippen molar-refractivity contribution in [1.29, 1.82) is 0 Å². The molecule has 1 aliphatic carbocycles. The fraction of sp³-hybridized carbons (Fsp3) is 0.0962. The summed E-state index contributed by atoms with van der Waals surface area (Å²) < 4.78 is 5.21. The number of hydrogen-bond acceptors (Lipinski definition) is 4. The maximum atomic E-state index is 5.49. The van der Waals surface area contributed by atoms with Crippen molar-refractivity contribution in [2.75, 3.05) is 0 Å². The Morgan fingerprint density at radius 1 is 0.596 bits per heavy atom. The molecule has 7 aromatic carbocycles. The van der Waals surface area contributed by atoms with E-state index in [9.17, 15) is 0 Å². The second-order valence-corrected chi connectivity index (χ2v) is 16.6. The van der Waals surface area contributed by atoms with E-state index in [0.717, 1.165) is 17.8 Å². The van der Waals surface area contributed by atoms with Gasteiger partial charge in [-0.05, 0) is 76.2 Å². The molecule has 9 aromatic rings. The molecule has 4 heterocycles. The van der Waals surface area contributed by atoms with Crippen molar-refractivity contribution in [3.8, 4) is 27.9 Å². The monoisotopic (exact) mass is 750 g/mol. The molecule has 5 heteroatoms. The summed E-state index contributed by atoms with van der Waals surface area (Å²) >= 11 is 1.90. The average molecular weight is 751 g/mol. The van der Waals surface area contributed by atoms with E-state index >= 15 is 0 Å². The first kappa shape index (κ1) is 32.7. The molecule has 0 saturated carbocycles. The highest BCUT2D eigenvalue weighted by Crippen LogP contribution is 2.54. The first-order valence-corrected chi connectivity index (χ1v) is 20.7. The van der Waals surface area contributed by atoms with Crippen LogP contribution in [0.15, 0.2) is 181 Å². The van der Waals surface area contributed by atoms with Gasteiger partial charge in [-0.2, -0.15) is 5.01 Å². The van der Waals surface area contributed by atoms with Gasteiger partial charge in [-0.3, -0.25) is 5.01 Å². The third kappa shape index (κ3) is 5.13. The van der Waals surface area contributed by atoms with Gasteiger partial charge >= 0.3 is 0 Å². The second-order valence-electron chi connectivity index (χ2n) is 15.6. The first-order chi connectivity index (χ1) is 28.2. The standard InChI is InChI=1S/C52H38N4S/c1-33-14-10-25-43-45-32-37(41-24-13-26-44-42-23-8-9-27-47(42)57-49(41)44)28-29-46(45)54(48(33)43)40-22-12-21-39(31-40)51-53-50(55-52(56(51)55)35-17-6-3-7-18-35)38-20-11-19-36(30-38)34-15-4-2-5-16-34/h2-13,15-33,50,52H,14H2,1H3. The highest BCUT2D eigenvalue weighted by molar-refractivity contribution is 7.26. The van der Waals surface area contributed by atoms with Crippen LogP contribution in [0.3, 0.4) is 0 Å². The summed E-state index contributed by atoms with van der Waals surface area (Å²) in [4.78, 5) is 5.49. The molecule has 272 valence electrons. The number of fused-ring (bicyclic) bond motifs is 7. The number of thiophene rings is 1. The van der Waals surface area contributed by atoms with Crippen LogP contribution in [-0.4, -0.2) is 20.4 Å². The van der Waals surface area contributed by atoms with Crippen LogP contribution in [0.25, 0.3) is 65.1 Å². The normalized spacial score (nSPS) is 19.6. The van der Waals surface area contributed by atoms with Crippen LogP contribution in [0.1, 0.15) is 59.5 Å². The quantitative estimate of drug-likeness (QED) is 0.158. The topological polar surface area (TPSA) is 23.3 Å². The van der Waals surface area contributed by atoms with Gasteiger partial charge in [0.2, 0.25) is 0 Å². The van der Waals surface area contributed by atoms with Crippen molar-refractivity contribution >= 4 is 54.3 Å². The second kappa shape index (κ2) is 12.8. The Kier molecular flexibility index (Phi) is 7.31. The maximum absolute atomic E-state index is 5.49. The third-order valence-electron chi connectivity index (χ3n) is 12.1. The summed E-state index contributed by atoms with van der Waals surface area (Å²) in [5, 5.41) is 8.79. The molecule has 2 aliphatic heterocycles. The number of hydrazine groups is 1. The van der Waals surface area contributed by atoms with Crippen LogP contribution >= 0.6 is 11.3 Å². The number of allylic oxidation sites excluding steroid dienone is 1. The van der Waals surface area contributed by atoms with E-state index in [4.69, 9.17) is 4.99 Å². The van der Waals surface area contributed by atoms with Crippen molar-refractivity contribution in [2.45, 2.75) is 31.6 Å². The molecule has 4 nitrogen and oxygen atoms in total. The molecule has 57 heavy (non-hydrogen) atoms. The molecule has 0 bridgehead atoms. The minimum absolute atomic E-state index is 0.119. The zero-order valence-corrected chi connectivity index (χ0v) is 32.3. The van der Waals surface area contributed by atoms with Gasteiger partial charge in [0, 0.05) is 54.0 Å². The maximum Gasteiger partial charge on any atom is 0.150 e. The Bertz CT molecular complexity index is 3100. The summed E-state index contributed by atoms with van der Waals surface area (Å²) in [5.41, 5.74) is 13.7. The zero-order chi connectivity index (χ0) is 37.6. The van der Waals surface area contributed by atoms with Crippen LogP contribution < -0.4 is 0 Å². The molecule has 0 amide bonds.